The lowest BCUT2D eigenvalue weighted by atomic mass is 10.1. The summed E-state index contributed by atoms with van der Waals surface area (Å²) in [6, 6.07) is 3.62. The van der Waals surface area contributed by atoms with Gasteiger partial charge in [0.1, 0.15) is 0 Å². The van der Waals surface area contributed by atoms with Crippen LogP contribution in [-0.2, 0) is 4.74 Å². The van der Waals surface area contributed by atoms with Crippen LogP contribution in [0.3, 0.4) is 0 Å². The van der Waals surface area contributed by atoms with Crippen LogP contribution in [0.1, 0.15) is 47.4 Å². The molecule has 0 aromatic heterocycles. The standard InChI is InChI=1S/C15H20N2O5/c1-4-6-7-16(5-2)14(18)11-8-12(15(19)22-3)10-13(9-11)17(20)21/h8-10H,4-7H2,1-3H3. The van der Waals surface area contributed by atoms with Crippen LogP contribution in [0.4, 0.5) is 5.69 Å². The molecule has 120 valence electrons. The lowest BCUT2D eigenvalue weighted by Crippen LogP contribution is -2.32. The molecule has 0 aliphatic carbocycles. The van der Waals surface area contributed by atoms with Gasteiger partial charge in [0.05, 0.1) is 17.6 Å². The molecule has 22 heavy (non-hydrogen) atoms. The van der Waals surface area contributed by atoms with Crippen molar-refractivity contribution in [1.82, 2.24) is 4.90 Å². The summed E-state index contributed by atoms with van der Waals surface area (Å²) in [5, 5.41) is 11.0. The van der Waals surface area contributed by atoms with Crippen molar-refractivity contribution < 1.29 is 19.2 Å². The number of methoxy groups -OCH3 is 1. The fourth-order valence-electron chi connectivity index (χ4n) is 2.01. The number of hydrogen-bond acceptors (Lipinski definition) is 5. The Hall–Kier alpha value is -2.44. The lowest BCUT2D eigenvalue weighted by Gasteiger charge is -2.20. The Bertz CT molecular complexity index is 571. The van der Waals surface area contributed by atoms with Crippen molar-refractivity contribution in [2.24, 2.45) is 0 Å². The number of nitro groups is 1. The normalized spacial score (nSPS) is 10.1. The van der Waals surface area contributed by atoms with E-state index in [1.165, 1.54) is 19.2 Å². The van der Waals surface area contributed by atoms with Gasteiger partial charge in [-0.1, -0.05) is 13.3 Å². The molecule has 0 aliphatic rings. The van der Waals surface area contributed by atoms with Crippen LogP contribution in [0.15, 0.2) is 18.2 Å². The molecule has 0 unspecified atom stereocenters. The maximum atomic E-state index is 12.5. The van der Waals surface area contributed by atoms with Crippen molar-refractivity contribution in [3.63, 3.8) is 0 Å². The Labute approximate surface area is 129 Å². The van der Waals surface area contributed by atoms with E-state index in [0.717, 1.165) is 18.9 Å². The summed E-state index contributed by atoms with van der Waals surface area (Å²) in [7, 11) is 1.18. The highest BCUT2D eigenvalue weighted by molar-refractivity contribution is 5.99. The average Bonchev–Trinajstić information content (AvgIpc) is 2.53. The second-order valence-corrected chi connectivity index (χ2v) is 4.76. The minimum absolute atomic E-state index is 0.00778. The van der Waals surface area contributed by atoms with Crippen LogP contribution >= 0.6 is 0 Å². The molecule has 0 spiro atoms. The van der Waals surface area contributed by atoms with E-state index in [-0.39, 0.29) is 22.7 Å². The van der Waals surface area contributed by atoms with Crippen molar-refractivity contribution in [2.75, 3.05) is 20.2 Å². The number of carbonyl (C=O) groups excluding carboxylic acids is 2. The van der Waals surface area contributed by atoms with Crippen LogP contribution in [0.2, 0.25) is 0 Å². The summed E-state index contributed by atoms with van der Waals surface area (Å²) in [4.78, 5) is 36.0. The van der Waals surface area contributed by atoms with Gasteiger partial charge >= 0.3 is 5.97 Å². The zero-order valence-electron chi connectivity index (χ0n) is 13.0. The third kappa shape index (κ3) is 4.28. The van der Waals surface area contributed by atoms with E-state index in [1.807, 2.05) is 13.8 Å². The van der Waals surface area contributed by atoms with Crippen LogP contribution in [0, 0.1) is 10.1 Å². The van der Waals surface area contributed by atoms with E-state index < -0.39 is 10.9 Å². The Morgan fingerprint density at radius 1 is 1.23 bits per heavy atom. The molecule has 0 saturated heterocycles. The molecule has 1 aromatic rings. The van der Waals surface area contributed by atoms with Gasteiger partial charge < -0.3 is 9.64 Å². The van der Waals surface area contributed by atoms with E-state index in [2.05, 4.69) is 4.74 Å². The predicted molar refractivity (Wildman–Crippen MR) is 80.9 cm³/mol. The van der Waals surface area contributed by atoms with Crippen molar-refractivity contribution in [3.05, 3.63) is 39.4 Å². The molecule has 1 amide bonds. The summed E-state index contributed by atoms with van der Waals surface area (Å²) in [6.45, 7) is 4.92. The van der Waals surface area contributed by atoms with E-state index in [0.29, 0.717) is 13.1 Å². The van der Waals surface area contributed by atoms with Crippen molar-refractivity contribution >= 4 is 17.6 Å². The van der Waals surface area contributed by atoms with E-state index >= 15 is 0 Å². The molecule has 1 rings (SSSR count). The third-order valence-corrected chi connectivity index (χ3v) is 3.25. The van der Waals surface area contributed by atoms with Gasteiger partial charge in [0.2, 0.25) is 0 Å². The lowest BCUT2D eigenvalue weighted by molar-refractivity contribution is -0.384. The number of benzene rings is 1. The van der Waals surface area contributed by atoms with Gasteiger partial charge in [0.25, 0.3) is 11.6 Å². The number of unbranched alkanes of at least 4 members (excludes halogenated alkanes) is 1. The van der Waals surface area contributed by atoms with Crippen molar-refractivity contribution in [3.8, 4) is 0 Å². The first kappa shape index (κ1) is 17.6. The number of non-ortho nitro benzene ring substituents is 1. The van der Waals surface area contributed by atoms with Gasteiger partial charge in [-0.3, -0.25) is 14.9 Å². The number of nitro benzene ring substituents is 1. The highest BCUT2D eigenvalue weighted by atomic mass is 16.6. The van der Waals surface area contributed by atoms with Gasteiger partial charge in [-0.15, -0.1) is 0 Å². The van der Waals surface area contributed by atoms with E-state index in [4.69, 9.17) is 0 Å². The molecule has 7 nitrogen and oxygen atoms in total. The number of nitrogens with zero attached hydrogens (tertiary/aromatic N) is 2. The molecule has 1 aromatic carbocycles. The first-order valence-electron chi connectivity index (χ1n) is 7.11. The van der Waals surface area contributed by atoms with E-state index in [9.17, 15) is 19.7 Å². The second kappa shape index (κ2) is 8.11. The summed E-state index contributed by atoms with van der Waals surface area (Å²) in [5.41, 5.74) is -0.197. The Morgan fingerprint density at radius 2 is 1.86 bits per heavy atom. The maximum absolute atomic E-state index is 12.5. The smallest absolute Gasteiger partial charge is 0.338 e. The van der Waals surface area contributed by atoms with Gasteiger partial charge in [-0.25, -0.2) is 4.79 Å². The third-order valence-electron chi connectivity index (χ3n) is 3.25. The van der Waals surface area contributed by atoms with Crippen LogP contribution in [-0.4, -0.2) is 41.9 Å². The minimum Gasteiger partial charge on any atom is -0.465 e. The Morgan fingerprint density at radius 3 is 2.36 bits per heavy atom. The molecule has 7 heteroatoms. The molecule has 0 bridgehead atoms. The van der Waals surface area contributed by atoms with Gasteiger partial charge in [-0.2, -0.15) is 0 Å². The fourth-order valence-corrected chi connectivity index (χ4v) is 2.01. The number of amides is 1. The SMILES string of the molecule is CCCCN(CC)C(=O)c1cc(C(=O)OC)cc([N+](=O)[O-])c1. The van der Waals surface area contributed by atoms with Crippen LogP contribution < -0.4 is 0 Å². The molecule has 0 fully saturated rings. The van der Waals surface area contributed by atoms with Gasteiger partial charge in [0.15, 0.2) is 0 Å². The molecular weight excluding hydrogens is 288 g/mol. The summed E-state index contributed by atoms with van der Waals surface area (Å²) < 4.78 is 4.57. The summed E-state index contributed by atoms with van der Waals surface area (Å²) in [5.74, 6) is -1.04. The molecule has 0 atom stereocenters. The number of ether oxygens (including phenoxy) is 1. The fraction of sp³-hybridized carbons (Fsp3) is 0.467. The first-order valence-corrected chi connectivity index (χ1v) is 7.11. The number of carbonyl (C=O) groups is 2. The van der Waals surface area contributed by atoms with Crippen molar-refractivity contribution in [1.29, 1.82) is 0 Å². The van der Waals surface area contributed by atoms with Crippen LogP contribution in [0.25, 0.3) is 0 Å². The maximum Gasteiger partial charge on any atom is 0.338 e. The highest BCUT2D eigenvalue weighted by Crippen LogP contribution is 2.19. The molecule has 0 heterocycles. The number of hydrogen-bond donors (Lipinski definition) is 0. The van der Waals surface area contributed by atoms with Gasteiger partial charge in [0, 0.05) is 30.8 Å². The zero-order valence-corrected chi connectivity index (χ0v) is 13.0. The molecular formula is C15H20N2O5. The number of rotatable bonds is 7. The minimum atomic E-state index is -0.714. The number of esters is 1. The zero-order chi connectivity index (χ0) is 16.7. The molecule has 0 saturated carbocycles. The predicted octanol–water partition coefficient (Wildman–Crippen LogP) is 2.64. The molecule has 0 aliphatic heterocycles. The molecule has 0 radical (unpaired) electrons. The topological polar surface area (TPSA) is 89.8 Å². The first-order chi connectivity index (χ1) is 10.4. The van der Waals surface area contributed by atoms with E-state index in [1.54, 1.807) is 4.90 Å². The average molecular weight is 308 g/mol. The van der Waals surface area contributed by atoms with Crippen LogP contribution in [0.5, 0.6) is 0 Å². The van der Waals surface area contributed by atoms with Crippen molar-refractivity contribution in [2.45, 2.75) is 26.7 Å². The largest absolute Gasteiger partial charge is 0.465 e. The summed E-state index contributed by atoms with van der Waals surface area (Å²) >= 11 is 0. The quantitative estimate of drug-likeness (QED) is 0.439. The highest BCUT2D eigenvalue weighted by Gasteiger charge is 2.21. The molecule has 0 N–H and O–H groups in total. The summed E-state index contributed by atoms with van der Waals surface area (Å²) in [6.07, 6.45) is 1.78. The Kier molecular flexibility index (Phi) is 6.49. The second-order valence-electron chi connectivity index (χ2n) is 4.76. The van der Waals surface area contributed by atoms with Gasteiger partial charge in [-0.05, 0) is 19.4 Å². The monoisotopic (exact) mass is 308 g/mol. The Balaban J connectivity index is 3.21.